The number of phenolic OH excluding ortho intramolecular Hbond substituents is 1. The summed E-state index contributed by atoms with van der Waals surface area (Å²) in [5.74, 6) is -1.57. The van der Waals surface area contributed by atoms with Gasteiger partial charge in [-0.2, -0.15) is 13.2 Å². The molecule has 100 valence electrons. The van der Waals surface area contributed by atoms with Crippen molar-refractivity contribution >= 4 is 6.29 Å². The van der Waals surface area contributed by atoms with Gasteiger partial charge in [-0.1, -0.05) is 6.92 Å². The summed E-state index contributed by atoms with van der Waals surface area (Å²) in [4.78, 5) is 10.4. The number of rotatable bonds is 4. The van der Waals surface area contributed by atoms with Crippen LogP contribution in [-0.2, 0) is 11.0 Å². The van der Waals surface area contributed by atoms with Gasteiger partial charge >= 0.3 is 6.18 Å². The quantitative estimate of drug-likeness (QED) is 0.848. The van der Waals surface area contributed by atoms with Crippen LogP contribution in [0.2, 0.25) is 0 Å². The van der Waals surface area contributed by atoms with Crippen LogP contribution in [0.25, 0.3) is 0 Å². The van der Waals surface area contributed by atoms with Gasteiger partial charge in [0, 0.05) is 6.42 Å². The SMILES string of the molecule is COc1cc(C(C)CC=O)cc(C(F)(F)F)c1O. The van der Waals surface area contributed by atoms with Crippen molar-refractivity contribution in [3.8, 4) is 11.5 Å². The Morgan fingerprint density at radius 3 is 2.50 bits per heavy atom. The third-order valence-corrected chi connectivity index (χ3v) is 2.64. The highest BCUT2D eigenvalue weighted by Crippen LogP contribution is 2.43. The highest BCUT2D eigenvalue weighted by Gasteiger charge is 2.36. The van der Waals surface area contributed by atoms with Crippen LogP contribution < -0.4 is 4.74 Å². The van der Waals surface area contributed by atoms with Crippen LogP contribution in [0.5, 0.6) is 11.5 Å². The molecular weight excluding hydrogens is 249 g/mol. The number of aromatic hydroxyl groups is 1. The normalized spacial score (nSPS) is 13.2. The number of benzene rings is 1. The van der Waals surface area contributed by atoms with Crippen molar-refractivity contribution in [2.45, 2.75) is 25.4 Å². The zero-order valence-electron chi connectivity index (χ0n) is 9.91. The lowest BCUT2D eigenvalue weighted by molar-refractivity contribution is -0.139. The van der Waals surface area contributed by atoms with Gasteiger partial charge in [0.05, 0.1) is 7.11 Å². The Balaban J connectivity index is 3.35. The van der Waals surface area contributed by atoms with E-state index in [4.69, 9.17) is 4.74 Å². The Morgan fingerprint density at radius 1 is 1.44 bits per heavy atom. The number of ether oxygens (including phenoxy) is 1. The molecule has 1 N–H and O–H groups in total. The molecule has 0 aromatic heterocycles. The van der Waals surface area contributed by atoms with E-state index in [1.165, 1.54) is 13.2 Å². The highest BCUT2D eigenvalue weighted by molar-refractivity contribution is 5.54. The van der Waals surface area contributed by atoms with Crippen LogP contribution in [0.3, 0.4) is 0 Å². The van der Waals surface area contributed by atoms with Crippen LogP contribution in [0, 0.1) is 0 Å². The van der Waals surface area contributed by atoms with E-state index in [2.05, 4.69) is 0 Å². The first-order chi connectivity index (χ1) is 8.31. The van der Waals surface area contributed by atoms with Gasteiger partial charge in [0.1, 0.15) is 11.8 Å². The molecule has 1 rings (SSSR count). The van der Waals surface area contributed by atoms with Gasteiger partial charge in [0.2, 0.25) is 0 Å². The average Bonchev–Trinajstić information content (AvgIpc) is 2.28. The molecule has 1 aromatic rings. The van der Waals surface area contributed by atoms with E-state index < -0.39 is 17.5 Å². The molecule has 0 saturated heterocycles. The Labute approximate surface area is 102 Å². The minimum Gasteiger partial charge on any atom is -0.504 e. The molecule has 1 atom stereocenters. The molecular formula is C12H13F3O3. The fraction of sp³-hybridized carbons (Fsp3) is 0.417. The highest BCUT2D eigenvalue weighted by atomic mass is 19.4. The van der Waals surface area contributed by atoms with Crippen LogP contribution in [0.1, 0.15) is 30.4 Å². The summed E-state index contributed by atoms with van der Waals surface area (Å²) in [5.41, 5.74) is -0.862. The van der Waals surface area contributed by atoms with Gasteiger partial charge in [0.15, 0.2) is 11.5 Å². The molecule has 0 heterocycles. The molecule has 0 fully saturated rings. The molecule has 3 nitrogen and oxygen atoms in total. The third kappa shape index (κ3) is 2.94. The summed E-state index contributed by atoms with van der Waals surface area (Å²) in [7, 11) is 1.17. The van der Waals surface area contributed by atoms with Gasteiger partial charge in [-0.05, 0) is 23.6 Å². The van der Waals surface area contributed by atoms with Crippen molar-refractivity contribution in [3.05, 3.63) is 23.3 Å². The maximum Gasteiger partial charge on any atom is 0.420 e. The fourth-order valence-electron chi connectivity index (χ4n) is 1.57. The molecule has 1 aromatic carbocycles. The van der Waals surface area contributed by atoms with E-state index in [1.54, 1.807) is 6.92 Å². The van der Waals surface area contributed by atoms with Crippen molar-refractivity contribution < 1.29 is 27.8 Å². The summed E-state index contributed by atoms with van der Waals surface area (Å²) in [5, 5.41) is 9.45. The average molecular weight is 262 g/mol. The largest absolute Gasteiger partial charge is 0.504 e. The van der Waals surface area contributed by atoms with E-state index in [1.807, 2.05) is 0 Å². The maximum absolute atomic E-state index is 12.7. The summed E-state index contributed by atoms with van der Waals surface area (Å²) < 4.78 is 42.8. The van der Waals surface area contributed by atoms with Crippen molar-refractivity contribution in [1.82, 2.24) is 0 Å². The predicted octanol–water partition coefficient (Wildman–Crippen LogP) is 3.11. The lowest BCUT2D eigenvalue weighted by atomic mass is 9.95. The second-order valence-corrected chi connectivity index (χ2v) is 3.92. The third-order valence-electron chi connectivity index (χ3n) is 2.64. The number of carbonyl (C=O) groups excluding carboxylic acids is 1. The van der Waals surface area contributed by atoms with Gasteiger partial charge in [-0.3, -0.25) is 0 Å². The number of methoxy groups -OCH3 is 1. The summed E-state index contributed by atoms with van der Waals surface area (Å²) in [6.45, 7) is 1.63. The molecule has 18 heavy (non-hydrogen) atoms. The first kappa shape index (κ1) is 14.3. The van der Waals surface area contributed by atoms with Gasteiger partial charge in [-0.25, -0.2) is 0 Å². The minimum atomic E-state index is -4.67. The second kappa shape index (κ2) is 5.29. The topological polar surface area (TPSA) is 46.5 Å². The Bertz CT molecular complexity index is 441. The van der Waals surface area contributed by atoms with Crippen LogP contribution in [-0.4, -0.2) is 18.5 Å². The predicted molar refractivity (Wildman–Crippen MR) is 58.8 cm³/mol. The number of hydrogen-bond acceptors (Lipinski definition) is 3. The van der Waals surface area contributed by atoms with Crippen molar-refractivity contribution in [1.29, 1.82) is 0 Å². The molecule has 0 radical (unpaired) electrons. The van der Waals surface area contributed by atoms with E-state index in [0.717, 1.165) is 6.07 Å². The van der Waals surface area contributed by atoms with Gasteiger partial charge < -0.3 is 14.6 Å². The Kier molecular flexibility index (Phi) is 4.21. The molecule has 1 unspecified atom stereocenters. The molecule has 6 heteroatoms. The molecule has 0 aliphatic rings. The van der Waals surface area contributed by atoms with Crippen LogP contribution >= 0.6 is 0 Å². The Hall–Kier alpha value is -1.72. The number of halogens is 3. The fourth-order valence-corrected chi connectivity index (χ4v) is 1.57. The van der Waals surface area contributed by atoms with E-state index in [-0.39, 0.29) is 18.1 Å². The maximum atomic E-state index is 12.7. The second-order valence-electron chi connectivity index (χ2n) is 3.92. The number of aldehydes is 1. The van der Waals surface area contributed by atoms with Crippen LogP contribution in [0.15, 0.2) is 12.1 Å². The first-order valence-corrected chi connectivity index (χ1v) is 5.23. The lowest BCUT2D eigenvalue weighted by Gasteiger charge is -2.16. The Morgan fingerprint density at radius 2 is 2.06 bits per heavy atom. The number of hydrogen-bond donors (Lipinski definition) is 1. The molecule has 0 spiro atoms. The summed E-state index contributed by atoms with van der Waals surface area (Å²) >= 11 is 0. The number of alkyl halides is 3. The van der Waals surface area contributed by atoms with Crippen molar-refractivity contribution in [2.24, 2.45) is 0 Å². The molecule has 0 aliphatic heterocycles. The standard InChI is InChI=1S/C12H13F3O3/c1-7(3-4-16)8-5-9(12(13,14)15)11(17)10(6-8)18-2/h4-7,17H,3H2,1-2H3. The van der Waals surface area contributed by atoms with Gasteiger partial charge in [-0.15, -0.1) is 0 Å². The van der Waals surface area contributed by atoms with Crippen molar-refractivity contribution in [3.63, 3.8) is 0 Å². The lowest BCUT2D eigenvalue weighted by Crippen LogP contribution is -2.08. The molecule has 0 aliphatic carbocycles. The van der Waals surface area contributed by atoms with E-state index in [9.17, 15) is 23.1 Å². The molecule has 0 bridgehead atoms. The minimum absolute atomic E-state index is 0.102. The van der Waals surface area contributed by atoms with Gasteiger partial charge in [0.25, 0.3) is 0 Å². The zero-order chi connectivity index (χ0) is 13.9. The summed E-state index contributed by atoms with van der Waals surface area (Å²) in [6.07, 6.45) is -3.93. The van der Waals surface area contributed by atoms with Crippen molar-refractivity contribution in [2.75, 3.05) is 7.11 Å². The summed E-state index contributed by atoms with van der Waals surface area (Å²) in [6, 6.07) is 2.14. The smallest absolute Gasteiger partial charge is 0.420 e. The van der Waals surface area contributed by atoms with E-state index >= 15 is 0 Å². The molecule has 0 amide bonds. The zero-order valence-corrected chi connectivity index (χ0v) is 9.91. The van der Waals surface area contributed by atoms with Crippen LogP contribution in [0.4, 0.5) is 13.2 Å². The monoisotopic (exact) mass is 262 g/mol. The number of phenols is 1. The van der Waals surface area contributed by atoms with E-state index in [0.29, 0.717) is 11.8 Å². The first-order valence-electron chi connectivity index (χ1n) is 5.23. The molecule has 0 saturated carbocycles. The number of carbonyl (C=O) groups is 1.